The Morgan fingerprint density at radius 1 is 1.19 bits per heavy atom. The fraction of sp³-hybridized carbons (Fsp3) is 0.133. The summed E-state index contributed by atoms with van der Waals surface area (Å²) in [5, 5.41) is 1.25. The minimum atomic E-state index is 0.494. The number of thiazole rings is 1. The van der Waals surface area contributed by atoms with Crippen molar-refractivity contribution in [2.75, 3.05) is 0 Å². The van der Waals surface area contributed by atoms with E-state index in [-0.39, 0.29) is 0 Å². The topological polar surface area (TPSA) is 38.7 Å². The molecule has 3 nitrogen and oxygen atoms in total. The molecule has 0 fully saturated rings. The summed E-state index contributed by atoms with van der Waals surface area (Å²) in [6, 6.07) is 7.32. The van der Waals surface area contributed by atoms with Gasteiger partial charge in [0.25, 0.3) is 0 Å². The lowest BCUT2D eigenvalue weighted by Crippen LogP contribution is -1.99. The fourth-order valence-electron chi connectivity index (χ4n) is 1.97. The molecule has 0 unspecified atom stereocenters. The van der Waals surface area contributed by atoms with Gasteiger partial charge in [-0.25, -0.2) is 15.0 Å². The van der Waals surface area contributed by atoms with E-state index in [1.54, 1.807) is 6.20 Å². The van der Waals surface area contributed by atoms with Gasteiger partial charge < -0.3 is 0 Å². The minimum absolute atomic E-state index is 0.494. The van der Waals surface area contributed by atoms with Gasteiger partial charge in [-0.15, -0.1) is 11.3 Å². The van der Waals surface area contributed by atoms with E-state index >= 15 is 0 Å². The molecule has 3 aromatic rings. The van der Waals surface area contributed by atoms with Crippen molar-refractivity contribution in [3.8, 4) is 10.6 Å². The molecule has 105 valence electrons. The molecular weight excluding hydrogens is 325 g/mol. The van der Waals surface area contributed by atoms with Gasteiger partial charge in [-0.1, -0.05) is 29.3 Å². The van der Waals surface area contributed by atoms with Crippen LogP contribution in [0.2, 0.25) is 10.0 Å². The lowest BCUT2D eigenvalue weighted by molar-refractivity contribution is 0.972. The Kier molecular flexibility index (Phi) is 4.19. The first-order valence-electron chi connectivity index (χ1n) is 6.24. The summed E-state index contributed by atoms with van der Waals surface area (Å²) in [4.78, 5) is 14.0. The van der Waals surface area contributed by atoms with Crippen LogP contribution in [0, 0.1) is 12.4 Å². The quantitative estimate of drug-likeness (QED) is 0.702. The Morgan fingerprint density at radius 3 is 2.62 bits per heavy atom. The highest BCUT2D eigenvalue weighted by Crippen LogP contribution is 2.28. The number of nitrogens with zero attached hydrogens (tertiary/aromatic N) is 3. The monoisotopic (exact) mass is 334 g/mol. The predicted octanol–water partition coefficient (Wildman–Crippen LogP) is 4.61. The normalized spacial score (nSPS) is 10.8. The van der Waals surface area contributed by atoms with Gasteiger partial charge in [0.1, 0.15) is 5.82 Å². The highest BCUT2D eigenvalue weighted by Gasteiger charge is 2.11. The smallest absolute Gasteiger partial charge is 0.153 e. The Labute approximate surface area is 136 Å². The maximum atomic E-state index is 6.19. The van der Waals surface area contributed by atoms with Crippen molar-refractivity contribution in [1.82, 2.24) is 15.0 Å². The number of hydrogen-bond donors (Lipinski definition) is 0. The molecule has 0 spiro atoms. The molecule has 0 atom stereocenters. The van der Waals surface area contributed by atoms with Gasteiger partial charge in [0.15, 0.2) is 5.51 Å². The Morgan fingerprint density at radius 2 is 1.95 bits per heavy atom. The molecule has 2 aromatic heterocycles. The average Bonchev–Trinajstić information content (AvgIpc) is 2.90. The second-order valence-electron chi connectivity index (χ2n) is 4.45. The molecule has 1 radical (unpaired) electrons. The van der Waals surface area contributed by atoms with Crippen LogP contribution in [0.15, 0.2) is 30.5 Å². The van der Waals surface area contributed by atoms with E-state index in [1.165, 1.54) is 11.3 Å². The second-order valence-corrected chi connectivity index (χ2v) is 6.06. The molecule has 2 heterocycles. The molecule has 0 bridgehead atoms. The SMILES string of the molecule is Cc1n[c]sc1-c1ccnc(Cc2c(Cl)cccc2Cl)n1. The van der Waals surface area contributed by atoms with Crippen molar-refractivity contribution in [2.45, 2.75) is 13.3 Å². The number of rotatable bonds is 3. The zero-order valence-electron chi connectivity index (χ0n) is 11.1. The number of aryl methyl sites for hydroxylation is 1. The van der Waals surface area contributed by atoms with E-state index < -0.39 is 0 Å². The van der Waals surface area contributed by atoms with Crippen molar-refractivity contribution >= 4 is 34.5 Å². The average molecular weight is 335 g/mol. The Hall–Kier alpha value is -1.49. The summed E-state index contributed by atoms with van der Waals surface area (Å²) in [6.07, 6.45) is 2.23. The molecule has 0 aliphatic rings. The Balaban J connectivity index is 1.96. The summed E-state index contributed by atoms with van der Waals surface area (Å²) in [6.45, 7) is 1.94. The summed E-state index contributed by atoms with van der Waals surface area (Å²) < 4.78 is 0. The van der Waals surface area contributed by atoms with E-state index in [1.807, 2.05) is 31.2 Å². The van der Waals surface area contributed by atoms with E-state index in [9.17, 15) is 0 Å². The van der Waals surface area contributed by atoms with Crippen molar-refractivity contribution in [3.05, 3.63) is 63.1 Å². The molecule has 0 aliphatic carbocycles. The zero-order chi connectivity index (χ0) is 14.8. The largest absolute Gasteiger partial charge is 0.241 e. The van der Waals surface area contributed by atoms with Gasteiger partial charge in [-0.2, -0.15) is 0 Å². The standard InChI is InChI=1S/C15H10Cl2N3S/c1-9-15(21-8-19-9)13-5-6-18-14(20-13)7-10-11(16)3-2-4-12(10)17/h2-6H,7H2,1H3. The third kappa shape index (κ3) is 3.07. The van der Waals surface area contributed by atoms with Gasteiger partial charge >= 0.3 is 0 Å². The Bertz CT molecular complexity index is 766. The third-order valence-corrected chi connectivity index (χ3v) is 4.62. The number of halogens is 2. The first kappa shape index (κ1) is 14.4. The molecule has 1 aromatic carbocycles. The number of hydrogen-bond acceptors (Lipinski definition) is 4. The van der Waals surface area contributed by atoms with E-state index in [2.05, 4.69) is 20.5 Å². The van der Waals surface area contributed by atoms with Crippen molar-refractivity contribution in [1.29, 1.82) is 0 Å². The number of aromatic nitrogens is 3. The first-order valence-corrected chi connectivity index (χ1v) is 7.81. The van der Waals surface area contributed by atoms with Crippen LogP contribution in [-0.4, -0.2) is 15.0 Å². The van der Waals surface area contributed by atoms with Gasteiger partial charge in [0, 0.05) is 22.7 Å². The van der Waals surface area contributed by atoms with Crippen LogP contribution in [0.4, 0.5) is 0 Å². The van der Waals surface area contributed by atoms with Crippen LogP contribution in [0.3, 0.4) is 0 Å². The van der Waals surface area contributed by atoms with Gasteiger partial charge in [0.2, 0.25) is 0 Å². The zero-order valence-corrected chi connectivity index (χ0v) is 13.4. The molecule has 0 N–H and O–H groups in total. The van der Waals surface area contributed by atoms with E-state index in [0.717, 1.165) is 21.8 Å². The summed E-state index contributed by atoms with van der Waals surface area (Å²) in [5.41, 5.74) is 5.48. The van der Waals surface area contributed by atoms with Crippen molar-refractivity contribution in [2.24, 2.45) is 0 Å². The van der Waals surface area contributed by atoms with E-state index in [4.69, 9.17) is 23.2 Å². The molecule has 6 heteroatoms. The van der Waals surface area contributed by atoms with Gasteiger partial charge in [-0.05, 0) is 30.7 Å². The van der Waals surface area contributed by atoms with Crippen LogP contribution in [0.5, 0.6) is 0 Å². The number of benzene rings is 1. The van der Waals surface area contributed by atoms with Crippen LogP contribution < -0.4 is 0 Å². The fourth-order valence-corrected chi connectivity index (χ4v) is 3.19. The maximum Gasteiger partial charge on any atom is 0.153 e. The van der Waals surface area contributed by atoms with E-state index in [0.29, 0.717) is 22.3 Å². The van der Waals surface area contributed by atoms with Crippen LogP contribution >= 0.6 is 34.5 Å². The molecule has 0 saturated carbocycles. The molecule has 0 aliphatic heterocycles. The molecule has 3 rings (SSSR count). The molecule has 0 amide bonds. The lowest BCUT2D eigenvalue weighted by atomic mass is 10.1. The highest BCUT2D eigenvalue weighted by molar-refractivity contribution is 7.12. The van der Waals surface area contributed by atoms with Crippen LogP contribution in [0.25, 0.3) is 10.6 Å². The third-order valence-electron chi connectivity index (χ3n) is 3.02. The van der Waals surface area contributed by atoms with Gasteiger partial charge in [-0.3, -0.25) is 0 Å². The van der Waals surface area contributed by atoms with Gasteiger partial charge in [0.05, 0.1) is 16.3 Å². The summed E-state index contributed by atoms with van der Waals surface area (Å²) >= 11 is 13.8. The maximum absolute atomic E-state index is 6.19. The minimum Gasteiger partial charge on any atom is -0.241 e. The lowest BCUT2D eigenvalue weighted by Gasteiger charge is -2.07. The summed E-state index contributed by atoms with van der Waals surface area (Å²) in [7, 11) is 0. The molecule has 21 heavy (non-hydrogen) atoms. The predicted molar refractivity (Wildman–Crippen MR) is 86.0 cm³/mol. The van der Waals surface area contributed by atoms with Crippen LogP contribution in [-0.2, 0) is 6.42 Å². The first-order chi connectivity index (χ1) is 10.1. The summed E-state index contributed by atoms with van der Waals surface area (Å²) in [5.74, 6) is 0.676. The van der Waals surface area contributed by atoms with Crippen molar-refractivity contribution in [3.63, 3.8) is 0 Å². The van der Waals surface area contributed by atoms with Crippen LogP contribution in [0.1, 0.15) is 17.1 Å². The highest BCUT2D eigenvalue weighted by atomic mass is 35.5. The molecular formula is C15H10Cl2N3S. The van der Waals surface area contributed by atoms with Crippen molar-refractivity contribution < 1.29 is 0 Å². The molecule has 0 saturated heterocycles. The second kappa shape index (κ2) is 6.10.